The molecule has 48 heavy (non-hydrogen) atoms. The van der Waals surface area contributed by atoms with Gasteiger partial charge < -0.3 is 30.1 Å². The number of halogens is 1. The number of piperazine rings is 1. The molecule has 11 nitrogen and oxygen atoms in total. The van der Waals surface area contributed by atoms with E-state index >= 15 is 4.39 Å². The van der Waals surface area contributed by atoms with Gasteiger partial charge in [0.2, 0.25) is 0 Å². The Balaban J connectivity index is 1.19. The number of aryl methyl sites for hydroxylation is 1. The molecule has 4 aromatic rings. The average molecular weight is 656 g/mol. The number of hydrogen-bond acceptors (Lipinski definition) is 10. The quantitative estimate of drug-likeness (QED) is 0.241. The van der Waals surface area contributed by atoms with Crippen molar-refractivity contribution >= 4 is 33.6 Å². The largest absolute Gasteiger partial charge is 0.508 e. The van der Waals surface area contributed by atoms with Crippen LogP contribution in [0.1, 0.15) is 51.0 Å². The van der Waals surface area contributed by atoms with E-state index in [1.165, 1.54) is 0 Å². The highest BCUT2D eigenvalue weighted by Crippen LogP contribution is 2.43. The van der Waals surface area contributed by atoms with Gasteiger partial charge in [-0.15, -0.1) is 0 Å². The zero-order valence-corrected chi connectivity index (χ0v) is 27.5. The maximum absolute atomic E-state index is 17.0. The van der Waals surface area contributed by atoms with Crippen molar-refractivity contribution in [3.63, 3.8) is 0 Å². The number of phenols is 1. The smallest absolute Gasteiger partial charge is 0.406 e. The van der Waals surface area contributed by atoms with Gasteiger partial charge in [-0.2, -0.15) is 9.97 Å². The maximum atomic E-state index is 17.0. The molecule has 2 aromatic carbocycles. The highest BCUT2D eigenvalue weighted by atomic mass is 19.1. The number of nitrogens with one attached hydrogen (secondary N) is 2. The summed E-state index contributed by atoms with van der Waals surface area (Å²) in [6, 6.07) is 10.1. The molecule has 0 spiro atoms. The number of anilines is 1. The van der Waals surface area contributed by atoms with E-state index in [0.29, 0.717) is 42.1 Å². The molecule has 4 fully saturated rings. The molecule has 12 heteroatoms. The average Bonchev–Trinajstić information content (AvgIpc) is 3.78. The summed E-state index contributed by atoms with van der Waals surface area (Å²) in [5.41, 5.74) is 1.64. The first-order valence-electron chi connectivity index (χ1n) is 17.2. The van der Waals surface area contributed by atoms with Crippen LogP contribution >= 0.6 is 0 Å². The predicted octanol–water partition coefficient (Wildman–Crippen LogP) is 4.92. The van der Waals surface area contributed by atoms with Crippen molar-refractivity contribution in [2.45, 2.75) is 75.5 Å². The Bertz CT molecular complexity index is 1880. The van der Waals surface area contributed by atoms with Crippen LogP contribution in [0.25, 0.3) is 32.9 Å². The van der Waals surface area contributed by atoms with E-state index in [0.717, 1.165) is 80.9 Å². The van der Waals surface area contributed by atoms with Crippen LogP contribution in [-0.4, -0.2) is 94.6 Å². The van der Waals surface area contributed by atoms with Crippen LogP contribution in [0.4, 0.5) is 15.0 Å². The lowest BCUT2D eigenvalue weighted by Gasteiger charge is -2.35. The maximum Gasteiger partial charge on any atom is 0.406 e. The van der Waals surface area contributed by atoms with E-state index in [1.807, 2.05) is 18.2 Å². The third-order valence-corrected chi connectivity index (χ3v) is 11.0. The molecule has 0 radical (unpaired) electrons. The molecular weight excluding hydrogens is 613 g/mol. The number of carbonyl (C=O) groups is 1. The predicted molar refractivity (Wildman–Crippen MR) is 181 cm³/mol. The number of ether oxygens (including phenoxy) is 2. The molecule has 1 amide bonds. The molecule has 0 saturated carbocycles. The van der Waals surface area contributed by atoms with Gasteiger partial charge in [0.05, 0.1) is 10.9 Å². The second-order valence-corrected chi connectivity index (χ2v) is 13.8. The topological polar surface area (TPSA) is 125 Å². The first-order valence-corrected chi connectivity index (χ1v) is 17.2. The molecule has 252 valence electrons. The van der Waals surface area contributed by atoms with Crippen molar-refractivity contribution in [1.82, 2.24) is 30.5 Å². The Morgan fingerprint density at radius 1 is 1.17 bits per heavy atom. The molecule has 6 heterocycles. The monoisotopic (exact) mass is 655 g/mol. The van der Waals surface area contributed by atoms with E-state index in [1.54, 1.807) is 25.4 Å². The minimum Gasteiger partial charge on any atom is -0.508 e. The van der Waals surface area contributed by atoms with Gasteiger partial charge in [-0.1, -0.05) is 25.1 Å². The summed E-state index contributed by atoms with van der Waals surface area (Å²) in [5.74, 6) is 0.113. The zero-order valence-electron chi connectivity index (χ0n) is 27.5. The Morgan fingerprint density at radius 3 is 2.79 bits per heavy atom. The molecule has 3 unspecified atom stereocenters. The lowest BCUT2D eigenvalue weighted by Crippen LogP contribution is -2.51. The summed E-state index contributed by atoms with van der Waals surface area (Å²) >= 11 is 0. The summed E-state index contributed by atoms with van der Waals surface area (Å²) in [7, 11) is 1.56. The minimum atomic E-state index is -0.565. The molecule has 0 aliphatic carbocycles. The number of rotatable bonds is 8. The van der Waals surface area contributed by atoms with E-state index in [4.69, 9.17) is 19.4 Å². The lowest BCUT2D eigenvalue weighted by atomic mass is 9.95. The number of fused-ring (bicyclic) bond motifs is 5. The number of aromatic nitrogens is 3. The van der Waals surface area contributed by atoms with Crippen LogP contribution in [0.5, 0.6) is 11.8 Å². The molecule has 8 rings (SSSR count). The third-order valence-electron chi connectivity index (χ3n) is 11.0. The van der Waals surface area contributed by atoms with E-state index < -0.39 is 11.9 Å². The van der Waals surface area contributed by atoms with Crippen molar-refractivity contribution in [3.05, 3.63) is 47.9 Å². The van der Waals surface area contributed by atoms with Crippen molar-refractivity contribution in [2.24, 2.45) is 0 Å². The van der Waals surface area contributed by atoms with E-state index in [2.05, 4.69) is 32.3 Å². The normalized spacial score (nSPS) is 25.1. The van der Waals surface area contributed by atoms with Crippen molar-refractivity contribution in [2.75, 3.05) is 44.8 Å². The molecule has 4 aliphatic heterocycles. The number of pyridine rings is 1. The van der Waals surface area contributed by atoms with Gasteiger partial charge in [0, 0.05) is 50.0 Å². The Kier molecular flexibility index (Phi) is 7.95. The summed E-state index contributed by atoms with van der Waals surface area (Å²) in [5, 5.41) is 19.1. The van der Waals surface area contributed by atoms with Crippen molar-refractivity contribution < 1.29 is 23.8 Å². The van der Waals surface area contributed by atoms with Gasteiger partial charge in [-0.05, 0) is 80.0 Å². The molecular formula is C36H42FN7O4. The van der Waals surface area contributed by atoms with Crippen LogP contribution in [0, 0.1) is 5.82 Å². The Labute approximate surface area is 278 Å². The number of phenolic OH excluding ortho intramolecular Hbond substituents is 1. The van der Waals surface area contributed by atoms with Gasteiger partial charge in [0.1, 0.15) is 36.0 Å². The number of aromatic hydroxyl groups is 1. The second-order valence-electron chi connectivity index (χ2n) is 13.8. The second kappa shape index (κ2) is 12.3. The van der Waals surface area contributed by atoms with Crippen LogP contribution in [0.15, 0.2) is 36.5 Å². The fourth-order valence-electron chi connectivity index (χ4n) is 8.69. The fourth-order valence-corrected chi connectivity index (χ4v) is 8.69. The Morgan fingerprint density at radius 2 is 2.00 bits per heavy atom. The van der Waals surface area contributed by atoms with Crippen LogP contribution < -0.4 is 20.3 Å². The number of carbonyl (C=O) groups excluding carboxylic acids is 1. The van der Waals surface area contributed by atoms with Crippen LogP contribution in [0.2, 0.25) is 0 Å². The first-order chi connectivity index (χ1) is 23.4. The fraction of sp³-hybridized carbons (Fsp3) is 0.500. The van der Waals surface area contributed by atoms with Crippen molar-refractivity contribution in [1.29, 1.82) is 0 Å². The van der Waals surface area contributed by atoms with Gasteiger partial charge in [-0.3, -0.25) is 9.88 Å². The van der Waals surface area contributed by atoms with Gasteiger partial charge in [-0.25, -0.2) is 9.18 Å². The molecule has 2 aromatic heterocycles. The SMILES string of the molecule is CCc1cccc2cc(O)cc(-c3ncc4c(N5CC6CCC(C5)N6)nc(OCC56CCCN5[C@@H](COC(=O)NC)CC6)nc4c3F)c12. The number of benzene rings is 2. The summed E-state index contributed by atoms with van der Waals surface area (Å²) in [6.45, 7) is 5.16. The first kappa shape index (κ1) is 31.0. The lowest BCUT2D eigenvalue weighted by molar-refractivity contribution is 0.0556. The zero-order chi connectivity index (χ0) is 33.0. The minimum absolute atomic E-state index is 0.0479. The van der Waals surface area contributed by atoms with E-state index in [-0.39, 0.29) is 34.6 Å². The van der Waals surface area contributed by atoms with Gasteiger partial charge in [0.25, 0.3) is 0 Å². The van der Waals surface area contributed by atoms with Gasteiger partial charge >= 0.3 is 12.1 Å². The van der Waals surface area contributed by atoms with Crippen LogP contribution in [0.3, 0.4) is 0 Å². The number of hydrogen-bond donors (Lipinski definition) is 3. The standard InChI is InChI=1S/C36H42FN7O4/c1-3-21-6-4-7-22-14-26(45)15-27(29(21)22)31-30(37)32-28(16-39-31)33(43-17-23-8-9-24(18-43)40-23)42-34(41-32)48-20-36-11-5-13-44(36)25(10-12-36)19-47-35(46)38-2/h4,6-7,14-16,23-25,40,45H,3,5,8-13,17-20H2,1-2H3,(H,38,46)/t23?,24?,25-,36?/m1/s1. The van der Waals surface area contributed by atoms with Crippen LogP contribution in [-0.2, 0) is 11.2 Å². The van der Waals surface area contributed by atoms with Gasteiger partial charge in [0.15, 0.2) is 5.82 Å². The number of amides is 1. The number of nitrogens with zero attached hydrogens (tertiary/aromatic N) is 5. The summed E-state index contributed by atoms with van der Waals surface area (Å²) in [6.07, 6.45) is 7.96. The summed E-state index contributed by atoms with van der Waals surface area (Å²) < 4.78 is 28.8. The molecule has 3 N–H and O–H groups in total. The van der Waals surface area contributed by atoms with Crippen molar-refractivity contribution in [3.8, 4) is 23.0 Å². The molecule has 4 saturated heterocycles. The highest BCUT2D eigenvalue weighted by Gasteiger charge is 2.50. The highest BCUT2D eigenvalue weighted by molar-refractivity contribution is 6.01. The Hall–Kier alpha value is -4.29. The summed E-state index contributed by atoms with van der Waals surface area (Å²) in [4.78, 5) is 30.7. The number of alkyl carbamates (subject to hydrolysis) is 1. The molecule has 4 aliphatic rings. The molecule has 4 atom stereocenters. The third kappa shape index (κ3) is 5.35. The van der Waals surface area contributed by atoms with E-state index in [9.17, 15) is 9.90 Å². The molecule has 2 bridgehead atoms.